The van der Waals surface area contributed by atoms with Crippen LogP contribution in [0.15, 0.2) is 0 Å². The first-order chi connectivity index (χ1) is 9.54. The van der Waals surface area contributed by atoms with Crippen molar-refractivity contribution >= 4 is 11.6 Å². The number of carbonyl (C=O) groups excluding carboxylic acids is 2. The molecule has 0 saturated heterocycles. The third-order valence-electron chi connectivity index (χ3n) is 3.29. The van der Waals surface area contributed by atoms with Crippen LogP contribution in [0.1, 0.15) is 105 Å². The lowest BCUT2D eigenvalue weighted by atomic mass is 10.1. The molecule has 0 aromatic rings. The number of Topliss-reactive ketones (excluding diaryl/α,β-unsaturated/α-hetero) is 2. The fourth-order valence-corrected chi connectivity index (χ4v) is 1.91. The molecule has 120 valence electrons. The lowest BCUT2D eigenvalue weighted by Crippen LogP contribution is -1.95. The maximum Gasteiger partial charge on any atom is 0.130 e. The van der Waals surface area contributed by atoms with Gasteiger partial charge in [-0.3, -0.25) is 0 Å². The van der Waals surface area contributed by atoms with Gasteiger partial charge in [0.2, 0.25) is 0 Å². The van der Waals surface area contributed by atoms with E-state index in [1.54, 1.807) is 0 Å². The van der Waals surface area contributed by atoms with Crippen molar-refractivity contribution in [1.82, 2.24) is 0 Å². The lowest BCUT2D eigenvalue weighted by Gasteiger charge is -1.99. The second-order valence-electron chi connectivity index (χ2n) is 5.73. The Morgan fingerprint density at radius 1 is 0.550 bits per heavy atom. The van der Waals surface area contributed by atoms with Gasteiger partial charge in [-0.25, -0.2) is 0 Å². The predicted molar refractivity (Wildman–Crippen MR) is 88.1 cm³/mol. The van der Waals surface area contributed by atoms with Crippen LogP contribution < -0.4 is 0 Å². The summed E-state index contributed by atoms with van der Waals surface area (Å²) in [6, 6.07) is 0. The molecule has 0 spiro atoms. The molecule has 0 amide bonds. The van der Waals surface area contributed by atoms with Crippen molar-refractivity contribution in [2.75, 3.05) is 0 Å². The molecule has 0 heterocycles. The van der Waals surface area contributed by atoms with Gasteiger partial charge in [0.05, 0.1) is 0 Å². The predicted octanol–water partition coefficient (Wildman–Crippen LogP) is 5.87. The Balaban J connectivity index is 0. The number of carbonyl (C=O) groups is 2. The van der Waals surface area contributed by atoms with Gasteiger partial charge in [-0.05, 0) is 13.8 Å². The molecule has 0 fully saturated rings. The van der Waals surface area contributed by atoms with Crippen molar-refractivity contribution in [1.29, 1.82) is 0 Å². The molecule has 0 saturated carbocycles. The van der Waals surface area contributed by atoms with Gasteiger partial charge >= 0.3 is 0 Å². The molecule has 0 atom stereocenters. The molecule has 0 unspecified atom stereocenters. The van der Waals surface area contributed by atoms with Crippen LogP contribution in [0, 0.1) is 0 Å². The third kappa shape index (κ3) is 26.0. The van der Waals surface area contributed by atoms with Gasteiger partial charge in [-0.1, -0.05) is 78.1 Å². The van der Waals surface area contributed by atoms with Crippen molar-refractivity contribution in [3.05, 3.63) is 0 Å². The van der Waals surface area contributed by atoms with Crippen LogP contribution in [0.4, 0.5) is 0 Å². The zero-order valence-electron chi connectivity index (χ0n) is 14.3. The van der Waals surface area contributed by atoms with Crippen LogP contribution in [0.2, 0.25) is 0 Å². The second-order valence-corrected chi connectivity index (χ2v) is 5.73. The Morgan fingerprint density at radius 2 is 0.800 bits per heavy atom. The van der Waals surface area contributed by atoms with Gasteiger partial charge in [0, 0.05) is 12.8 Å². The first-order valence-electron chi connectivity index (χ1n) is 8.53. The molecule has 0 radical (unpaired) electrons. The van der Waals surface area contributed by atoms with E-state index in [-0.39, 0.29) is 11.6 Å². The van der Waals surface area contributed by atoms with E-state index in [4.69, 9.17) is 0 Å². The molecule has 0 bridgehead atoms. The Labute approximate surface area is 126 Å². The molecule has 2 nitrogen and oxygen atoms in total. The molecule has 0 aliphatic rings. The molecule has 0 aliphatic heterocycles. The molecule has 0 aliphatic carbocycles. The molecule has 0 aromatic heterocycles. The Bertz CT molecular complexity index is 197. The summed E-state index contributed by atoms with van der Waals surface area (Å²) in [7, 11) is 0. The van der Waals surface area contributed by atoms with Crippen LogP contribution in [0.25, 0.3) is 0 Å². The highest BCUT2D eigenvalue weighted by molar-refractivity contribution is 5.83. The largest absolute Gasteiger partial charge is 0.300 e. The molecular formula is C18H36O2. The van der Waals surface area contributed by atoms with Crippen molar-refractivity contribution in [3.63, 3.8) is 0 Å². The summed E-state index contributed by atoms with van der Waals surface area (Å²) in [5, 5.41) is 0. The lowest BCUT2D eigenvalue weighted by molar-refractivity contribution is -0.122. The van der Waals surface area contributed by atoms with E-state index in [2.05, 4.69) is 13.8 Å². The first kappa shape index (κ1) is 21.6. The number of ketones is 2. The minimum atomic E-state index is 0.0835. The maximum absolute atomic E-state index is 10.2. The van der Waals surface area contributed by atoms with Crippen LogP contribution in [0.3, 0.4) is 0 Å². The SMILES string of the molecule is CC(=O)CCC(C)=O.CCCCCCCCCCCC. The Morgan fingerprint density at radius 3 is 1.00 bits per heavy atom. The number of rotatable bonds is 12. The van der Waals surface area contributed by atoms with E-state index < -0.39 is 0 Å². The average molecular weight is 284 g/mol. The highest BCUT2D eigenvalue weighted by Gasteiger charge is 1.95. The summed E-state index contributed by atoms with van der Waals surface area (Å²) < 4.78 is 0. The normalized spacial score (nSPS) is 9.80. The number of hydrogen-bond donors (Lipinski definition) is 0. The van der Waals surface area contributed by atoms with Crippen LogP contribution in [-0.4, -0.2) is 11.6 Å². The van der Waals surface area contributed by atoms with E-state index >= 15 is 0 Å². The quantitative estimate of drug-likeness (QED) is 0.420. The second kappa shape index (κ2) is 18.3. The molecular weight excluding hydrogens is 248 g/mol. The smallest absolute Gasteiger partial charge is 0.130 e. The number of hydrogen-bond acceptors (Lipinski definition) is 2. The van der Waals surface area contributed by atoms with Gasteiger partial charge < -0.3 is 9.59 Å². The fraction of sp³-hybridized carbons (Fsp3) is 0.889. The Hall–Kier alpha value is -0.660. The summed E-state index contributed by atoms with van der Waals surface area (Å²) in [6.45, 7) is 7.54. The zero-order chi connectivity index (χ0) is 15.6. The first-order valence-corrected chi connectivity index (χ1v) is 8.53. The van der Waals surface area contributed by atoms with Gasteiger partial charge in [-0.15, -0.1) is 0 Å². The van der Waals surface area contributed by atoms with Crippen molar-refractivity contribution < 1.29 is 9.59 Å². The van der Waals surface area contributed by atoms with E-state index in [1.165, 1.54) is 78.1 Å². The summed E-state index contributed by atoms with van der Waals surface area (Å²) in [5.41, 5.74) is 0. The monoisotopic (exact) mass is 284 g/mol. The summed E-state index contributed by atoms with van der Waals surface area (Å²) in [4.78, 5) is 20.4. The van der Waals surface area contributed by atoms with Crippen molar-refractivity contribution in [2.24, 2.45) is 0 Å². The van der Waals surface area contributed by atoms with Gasteiger partial charge in [0.25, 0.3) is 0 Å². The minimum absolute atomic E-state index is 0.0835. The van der Waals surface area contributed by atoms with Crippen LogP contribution >= 0.6 is 0 Å². The highest BCUT2D eigenvalue weighted by Crippen LogP contribution is 2.09. The molecule has 0 rings (SSSR count). The van der Waals surface area contributed by atoms with Crippen molar-refractivity contribution in [2.45, 2.75) is 105 Å². The third-order valence-corrected chi connectivity index (χ3v) is 3.29. The Kier molecular flexibility index (Phi) is 19.8. The average Bonchev–Trinajstić information content (AvgIpc) is 2.40. The molecule has 0 aromatic carbocycles. The summed E-state index contributed by atoms with van der Waals surface area (Å²) in [6.07, 6.45) is 15.2. The van der Waals surface area contributed by atoms with Crippen LogP contribution in [-0.2, 0) is 9.59 Å². The highest BCUT2D eigenvalue weighted by atomic mass is 16.1. The molecule has 0 N–H and O–H groups in total. The summed E-state index contributed by atoms with van der Waals surface area (Å²) in [5.74, 6) is 0.167. The molecule has 2 heteroatoms. The fourth-order valence-electron chi connectivity index (χ4n) is 1.91. The minimum Gasteiger partial charge on any atom is -0.300 e. The van der Waals surface area contributed by atoms with E-state index in [9.17, 15) is 9.59 Å². The summed E-state index contributed by atoms with van der Waals surface area (Å²) >= 11 is 0. The van der Waals surface area contributed by atoms with Crippen LogP contribution in [0.5, 0.6) is 0 Å². The molecule has 20 heavy (non-hydrogen) atoms. The van der Waals surface area contributed by atoms with E-state index in [0.717, 1.165) is 0 Å². The maximum atomic E-state index is 10.2. The van der Waals surface area contributed by atoms with Gasteiger partial charge in [0.1, 0.15) is 11.6 Å². The zero-order valence-corrected chi connectivity index (χ0v) is 14.3. The topological polar surface area (TPSA) is 34.1 Å². The van der Waals surface area contributed by atoms with Gasteiger partial charge in [-0.2, -0.15) is 0 Å². The standard InChI is InChI=1S/C12H26.C6H10O2/c1-3-5-7-9-11-12-10-8-6-4-2;1-5(7)3-4-6(2)8/h3-12H2,1-2H3;3-4H2,1-2H3. The van der Waals surface area contributed by atoms with Crippen molar-refractivity contribution in [3.8, 4) is 0 Å². The van der Waals surface area contributed by atoms with E-state index in [0.29, 0.717) is 12.8 Å². The van der Waals surface area contributed by atoms with E-state index in [1.807, 2.05) is 0 Å². The van der Waals surface area contributed by atoms with Gasteiger partial charge in [0.15, 0.2) is 0 Å². The number of unbranched alkanes of at least 4 members (excludes halogenated alkanes) is 9.